The van der Waals surface area contributed by atoms with Crippen molar-refractivity contribution in [3.8, 4) is 0 Å². The lowest BCUT2D eigenvalue weighted by Crippen LogP contribution is -2.46. The Bertz CT molecular complexity index is 1100. The number of ether oxygens (including phenoxy) is 1. The van der Waals surface area contributed by atoms with E-state index in [9.17, 15) is 4.79 Å². The molecule has 2 atom stereocenters. The SMILES string of the molecule is C[C@@H]1C[C@H](N)CN(c2ccncc2CC(=O)c2ccc3occ(C4CCOCC4)c3n2)C1. The van der Waals surface area contributed by atoms with Gasteiger partial charge in [0.05, 0.1) is 6.26 Å². The maximum Gasteiger partial charge on any atom is 0.185 e. The summed E-state index contributed by atoms with van der Waals surface area (Å²) in [6, 6.07) is 5.75. The lowest BCUT2D eigenvalue weighted by atomic mass is 9.93. The number of furan rings is 1. The number of anilines is 1. The molecule has 2 N–H and O–H groups in total. The smallest absolute Gasteiger partial charge is 0.185 e. The first-order chi connectivity index (χ1) is 15.6. The summed E-state index contributed by atoms with van der Waals surface area (Å²) in [6.07, 6.45) is 8.55. The van der Waals surface area contributed by atoms with Crippen molar-refractivity contribution in [1.29, 1.82) is 0 Å². The molecule has 5 heterocycles. The molecule has 0 amide bonds. The van der Waals surface area contributed by atoms with E-state index < -0.39 is 0 Å². The second-order valence-electron chi connectivity index (χ2n) is 9.23. The summed E-state index contributed by atoms with van der Waals surface area (Å²) in [5.74, 6) is 0.858. The average molecular weight is 435 g/mol. The number of aromatic nitrogens is 2. The third-order valence-corrected chi connectivity index (χ3v) is 6.65. The number of Topliss-reactive ketones (excluding diaryl/α,β-unsaturated/α-hetero) is 1. The van der Waals surface area contributed by atoms with Crippen molar-refractivity contribution < 1.29 is 13.9 Å². The number of piperidine rings is 1. The minimum atomic E-state index is -0.0189. The van der Waals surface area contributed by atoms with Gasteiger partial charge in [-0.15, -0.1) is 0 Å². The van der Waals surface area contributed by atoms with Gasteiger partial charge >= 0.3 is 0 Å². The van der Waals surface area contributed by atoms with Gasteiger partial charge in [-0.3, -0.25) is 9.78 Å². The zero-order valence-electron chi connectivity index (χ0n) is 18.5. The fraction of sp³-hybridized carbons (Fsp3) is 0.480. The predicted molar refractivity (Wildman–Crippen MR) is 123 cm³/mol. The normalized spacial score (nSPS) is 22.4. The average Bonchev–Trinajstić information content (AvgIpc) is 3.22. The molecule has 0 spiro atoms. The Hall–Kier alpha value is -2.77. The van der Waals surface area contributed by atoms with Gasteiger partial charge in [-0.05, 0) is 49.3 Å². The van der Waals surface area contributed by atoms with E-state index in [-0.39, 0.29) is 18.2 Å². The van der Waals surface area contributed by atoms with Crippen molar-refractivity contribution in [3.05, 3.63) is 53.7 Å². The summed E-state index contributed by atoms with van der Waals surface area (Å²) in [7, 11) is 0. The van der Waals surface area contributed by atoms with E-state index in [4.69, 9.17) is 19.9 Å². The molecule has 0 aliphatic carbocycles. The highest BCUT2D eigenvalue weighted by atomic mass is 16.5. The summed E-state index contributed by atoms with van der Waals surface area (Å²) < 4.78 is 11.2. The number of carbonyl (C=O) groups is 1. The largest absolute Gasteiger partial charge is 0.462 e. The van der Waals surface area contributed by atoms with E-state index in [0.717, 1.165) is 73.5 Å². The molecule has 3 aromatic heterocycles. The zero-order valence-corrected chi connectivity index (χ0v) is 18.5. The van der Waals surface area contributed by atoms with Crippen LogP contribution in [0.3, 0.4) is 0 Å². The molecule has 168 valence electrons. The van der Waals surface area contributed by atoms with Crippen molar-refractivity contribution in [3.63, 3.8) is 0 Å². The molecule has 2 aliphatic heterocycles. The van der Waals surface area contributed by atoms with E-state index in [2.05, 4.69) is 16.8 Å². The number of ketones is 1. The lowest BCUT2D eigenvalue weighted by molar-refractivity contribution is 0.0854. The zero-order chi connectivity index (χ0) is 22.1. The summed E-state index contributed by atoms with van der Waals surface area (Å²) >= 11 is 0. The van der Waals surface area contributed by atoms with Gasteiger partial charge in [0.15, 0.2) is 11.4 Å². The summed E-state index contributed by atoms with van der Waals surface area (Å²) in [4.78, 5) is 24.6. The van der Waals surface area contributed by atoms with Crippen LogP contribution in [0.2, 0.25) is 0 Å². The van der Waals surface area contributed by atoms with Crippen LogP contribution in [0.25, 0.3) is 11.1 Å². The van der Waals surface area contributed by atoms with Gasteiger partial charge in [-0.1, -0.05) is 6.92 Å². The first kappa shape index (κ1) is 21.1. The molecule has 0 aromatic carbocycles. The van der Waals surface area contributed by atoms with Gasteiger partial charge in [-0.25, -0.2) is 4.98 Å². The summed E-state index contributed by atoms with van der Waals surface area (Å²) in [6.45, 7) is 5.45. The minimum Gasteiger partial charge on any atom is -0.462 e. The van der Waals surface area contributed by atoms with Crippen LogP contribution >= 0.6 is 0 Å². The quantitative estimate of drug-likeness (QED) is 0.612. The van der Waals surface area contributed by atoms with E-state index in [1.165, 1.54) is 0 Å². The van der Waals surface area contributed by atoms with Crippen LogP contribution in [-0.2, 0) is 11.2 Å². The van der Waals surface area contributed by atoms with E-state index in [0.29, 0.717) is 17.5 Å². The number of rotatable bonds is 5. The van der Waals surface area contributed by atoms with Gasteiger partial charge in [-0.2, -0.15) is 0 Å². The van der Waals surface area contributed by atoms with Crippen molar-refractivity contribution >= 4 is 22.6 Å². The molecule has 2 fully saturated rings. The van der Waals surface area contributed by atoms with Crippen LogP contribution in [0.5, 0.6) is 0 Å². The van der Waals surface area contributed by atoms with Gasteiger partial charge in [0.25, 0.3) is 0 Å². The van der Waals surface area contributed by atoms with Gasteiger partial charge < -0.3 is 19.8 Å². The van der Waals surface area contributed by atoms with E-state index in [1.807, 2.05) is 12.1 Å². The molecule has 7 nitrogen and oxygen atoms in total. The highest BCUT2D eigenvalue weighted by Gasteiger charge is 2.25. The van der Waals surface area contributed by atoms with Crippen molar-refractivity contribution in [2.24, 2.45) is 11.7 Å². The maximum absolute atomic E-state index is 13.2. The highest BCUT2D eigenvalue weighted by Crippen LogP contribution is 2.33. The number of carbonyl (C=O) groups excluding carboxylic acids is 1. The lowest BCUT2D eigenvalue weighted by Gasteiger charge is -2.37. The van der Waals surface area contributed by atoms with Gasteiger partial charge in [0.2, 0.25) is 0 Å². The molecular formula is C25H30N4O3. The third kappa shape index (κ3) is 4.27. The van der Waals surface area contributed by atoms with Crippen LogP contribution in [-0.4, -0.2) is 48.1 Å². The highest BCUT2D eigenvalue weighted by molar-refractivity contribution is 5.98. The molecule has 7 heteroatoms. The molecule has 0 unspecified atom stereocenters. The maximum atomic E-state index is 13.2. The Balaban J connectivity index is 1.40. The monoisotopic (exact) mass is 434 g/mol. The molecule has 2 saturated heterocycles. The van der Waals surface area contributed by atoms with Gasteiger partial charge in [0.1, 0.15) is 11.2 Å². The van der Waals surface area contributed by atoms with Crippen LogP contribution in [0.15, 0.2) is 41.3 Å². The van der Waals surface area contributed by atoms with Crippen LogP contribution in [0.1, 0.15) is 53.7 Å². The number of nitrogens with zero attached hydrogens (tertiary/aromatic N) is 3. The Morgan fingerprint density at radius 1 is 1.22 bits per heavy atom. The second-order valence-corrected chi connectivity index (χ2v) is 9.23. The molecule has 32 heavy (non-hydrogen) atoms. The molecule has 3 aromatic rings. The third-order valence-electron chi connectivity index (χ3n) is 6.65. The Kier molecular flexibility index (Phi) is 5.93. The number of nitrogens with two attached hydrogens (primary N) is 1. The second kappa shape index (κ2) is 9.00. The van der Waals surface area contributed by atoms with Crippen molar-refractivity contribution in [1.82, 2.24) is 9.97 Å². The molecule has 0 saturated carbocycles. The first-order valence-electron chi connectivity index (χ1n) is 11.5. The van der Waals surface area contributed by atoms with E-state index in [1.54, 1.807) is 24.7 Å². The molecule has 2 aliphatic rings. The van der Waals surface area contributed by atoms with Crippen molar-refractivity contribution in [2.75, 3.05) is 31.2 Å². The minimum absolute atomic E-state index is 0.0189. The number of hydrogen-bond donors (Lipinski definition) is 1. The number of hydrogen-bond acceptors (Lipinski definition) is 7. The molecule has 5 rings (SSSR count). The summed E-state index contributed by atoms with van der Waals surface area (Å²) in [5.41, 5.74) is 11.3. The van der Waals surface area contributed by atoms with Crippen LogP contribution in [0, 0.1) is 5.92 Å². The fourth-order valence-electron chi connectivity index (χ4n) is 5.11. The Labute approximate surface area is 188 Å². The molecule has 0 radical (unpaired) electrons. The predicted octanol–water partition coefficient (Wildman–Crippen LogP) is 3.72. The van der Waals surface area contributed by atoms with Crippen LogP contribution < -0.4 is 10.6 Å². The molecule has 0 bridgehead atoms. The fourth-order valence-corrected chi connectivity index (χ4v) is 5.11. The van der Waals surface area contributed by atoms with E-state index >= 15 is 0 Å². The first-order valence-corrected chi connectivity index (χ1v) is 11.5. The van der Waals surface area contributed by atoms with Crippen LogP contribution in [0.4, 0.5) is 5.69 Å². The summed E-state index contributed by atoms with van der Waals surface area (Å²) in [5, 5.41) is 0. The Morgan fingerprint density at radius 3 is 2.88 bits per heavy atom. The molecular weight excluding hydrogens is 404 g/mol. The Morgan fingerprint density at radius 2 is 2.06 bits per heavy atom. The van der Waals surface area contributed by atoms with Crippen molar-refractivity contribution in [2.45, 2.75) is 44.6 Å². The number of fused-ring (bicyclic) bond motifs is 1. The standard InChI is InChI=1S/C25H30N4O3/c1-16-10-19(26)14-29(13-16)22-4-7-27-12-18(22)11-23(30)21-2-3-24-25(28-21)20(15-32-24)17-5-8-31-9-6-17/h2-4,7,12,15-17,19H,5-6,8-11,13-14,26H2,1H3/t16-,19+/m1/s1. The topological polar surface area (TPSA) is 94.5 Å². The van der Waals surface area contributed by atoms with Gasteiger partial charge in [0, 0.05) is 68.0 Å². The number of pyridine rings is 2.